The predicted octanol–water partition coefficient (Wildman–Crippen LogP) is 4.71. The molecule has 0 heterocycles. The number of halogens is 1. The molecule has 0 spiro atoms. The second kappa shape index (κ2) is 8.18. The highest BCUT2D eigenvalue weighted by Gasteiger charge is 2.26. The number of hydrogen-bond acceptors (Lipinski definition) is 6. The Morgan fingerprint density at radius 3 is 2.56 bits per heavy atom. The second-order valence-corrected chi connectivity index (χ2v) is 6.54. The van der Waals surface area contributed by atoms with Gasteiger partial charge in [-0.1, -0.05) is 11.6 Å². The number of Topliss-reactive ketones (excluding diaryl/α,β-unsaturated/α-hetero) is 1. The Morgan fingerprint density at radius 2 is 1.89 bits per heavy atom. The van der Waals surface area contributed by atoms with E-state index in [1.807, 2.05) is 0 Å². The predicted molar refractivity (Wildman–Crippen MR) is 97.3 cm³/mol. The van der Waals surface area contributed by atoms with Gasteiger partial charge in [0.1, 0.15) is 5.75 Å². The summed E-state index contributed by atoms with van der Waals surface area (Å²) < 4.78 is 10.8. The van der Waals surface area contributed by atoms with Crippen molar-refractivity contribution in [3.63, 3.8) is 0 Å². The Balaban J connectivity index is 1.69. The molecule has 1 aliphatic rings. The Bertz CT molecular complexity index is 880. The molecule has 0 aromatic heterocycles. The number of ketones is 1. The van der Waals surface area contributed by atoms with Gasteiger partial charge in [-0.3, -0.25) is 14.9 Å². The molecule has 1 saturated carbocycles. The van der Waals surface area contributed by atoms with Crippen molar-refractivity contribution in [1.29, 1.82) is 0 Å². The lowest BCUT2D eigenvalue weighted by Crippen LogP contribution is -2.30. The summed E-state index contributed by atoms with van der Waals surface area (Å²) in [5, 5.41) is 11.3. The molecular weight excluding hydrogens is 374 g/mol. The van der Waals surface area contributed by atoms with Crippen LogP contribution in [0.1, 0.15) is 36.0 Å². The third-order valence-corrected chi connectivity index (χ3v) is 4.42. The first-order chi connectivity index (χ1) is 12.9. The van der Waals surface area contributed by atoms with Crippen LogP contribution in [0.3, 0.4) is 0 Å². The zero-order valence-corrected chi connectivity index (χ0v) is 15.0. The van der Waals surface area contributed by atoms with E-state index in [2.05, 4.69) is 0 Å². The summed E-state index contributed by atoms with van der Waals surface area (Å²) in [4.78, 5) is 34.5. The number of hydrogen-bond donors (Lipinski definition) is 0. The molecule has 1 atom stereocenters. The van der Waals surface area contributed by atoms with Crippen molar-refractivity contribution < 1.29 is 24.0 Å². The van der Waals surface area contributed by atoms with Gasteiger partial charge in [0.15, 0.2) is 11.9 Å². The summed E-state index contributed by atoms with van der Waals surface area (Å²) in [6.07, 6.45) is 1.99. The number of carbonyl (C=O) groups is 2. The number of nitro groups is 1. The van der Waals surface area contributed by atoms with E-state index in [0.29, 0.717) is 18.6 Å². The fourth-order valence-electron chi connectivity index (χ4n) is 2.78. The molecule has 7 nitrogen and oxygen atoms in total. The average molecular weight is 390 g/mol. The van der Waals surface area contributed by atoms with Crippen molar-refractivity contribution in [2.24, 2.45) is 0 Å². The third-order valence-electron chi connectivity index (χ3n) is 4.18. The molecule has 0 N–H and O–H groups in total. The maximum atomic E-state index is 12.2. The molecule has 3 rings (SSSR count). The van der Waals surface area contributed by atoms with Crippen molar-refractivity contribution in [3.05, 3.63) is 63.2 Å². The van der Waals surface area contributed by atoms with Crippen LogP contribution in [0, 0.1) is 10.1 Å². The molecule has 0 bridgehead atoms. The smallest absolute Gasteiger partial charge is 0.338 e. The van der Waals surface area contributed by atoms with Gasteiger partial charge in [0.2, 0.25) is 5.75 Å². The molecule has 1 fully saturated rings. The molecule has 0 amide bonds. The molecule has 8 heteroatoms. The number of esters is 1. The van der Waals surface area contributed by atoms with Crippen molar-refractivity contribution >= 4 is 29.0 Å². The molecule has 140 valence electrons. The van der Waals surface area contributed by atoms with Crippen molar-refractivity contribution in [3.8, 4) is 11.5 Å². The number of nitro benzene ring substituents is 1. The fourth-order valence-corrected chi connectivity index (χ4v) is 2.94. The number of rotatable bonds is 5. The second-order valence-electron chi connectivity index (χ2n) is 6.10. The number of ether oxygens (including phenoxy) is 2. The van der Waals surface area contributed by atoms with E-state index >= 15 is 0 Å². The van der Waals surface area contributed by atoms with Gasteiger partial charge in [-0.15, -0.1) is 0 Å². The van der Waals surface area contributed by atoms with Gasteiger partial charge in [0.25, 0.3) is 0 Å². The SMILES string of the molecule is O=C(OC1CCCCC1=O)c1ccc(Oc2ccc(Cl)cc2[N+](=O)[O-])cc1. The van der Waals surface area contributed by atoms with E-state index < -0.39 is 17.0 Å². The highest BCUT2D eigenvalue weighted by Crippen LogP contribution is 2.33. The zero-order chi connectivity index (χ0) is 19.4. The van der Waals surface area contributed by atoms with Gasteiger partial charge < -0.3 is 9.47 Å². The maximum Gasteiger partial charge on any atom is 0.338 e. The first-order valence-corrected chi connectivity index (χ1v) is 8.77. The molecule has 0 radical (unpaired) electrons. The monoisotopic (exact) mass is 389 g/mol. The molecule has 1 unspecified atom stereocenters. The third kappa shape index (κ3) is 4.62. The summed E-state index contributed by atoms with van der Waals surface area (Å²) in [6, 6.07) is 10.0. The summed E-state index contributed by atoms with van der Waals surface area (Å²) in [5.74, 6) is -0.290. The lowest BCUT2D eigenvalue weighted by molar-refractivity contribution is -0.385. The first-order valence-electron chi connectivity index (χ1n) is 8.39. The molecular formula is C19H16ClNO6. The minimum absolute atomic E-state index is 0.0347. The van der Waals surface area contributed by atoms with Crippen LogP contribution in [0.5, 0.6) is 11.5 Å². The quantitative estimate of drug-likeness (QED) is 0.417. The molecule has 2 aromatic carbocycles. The van der Waals surface area contributed by atoms with Crippen LogP contribution in [0.15, 0.2) is 42.5 Å². The highest BCUT2D eigenvalue weighted by atomic mass is 35.5. The van der Waals surface area contributed by atoms with E-state index in [-0.39, 0.29) is 27.8 Å². The molecule has 27 heavy (non-hydrogen) atoms. The molecule has 2 aromatic rings. The minimum Gasteiger partial charge on any atom is -0.451 e. The highest BCUT2D eigenvalue weighted by molar-refractivity contribution is 6.30. The van der Waals surface area contributed by atoms with Gasteiger partial charge in [-0.05, 0) is 55.7 Å². The van der Waals surface area contributed by atoms with E-state index in [0.717, 1.165) is 12.8 Å². The van der Waals surface area contributed by atoms with Crippen LogP contribution in [0.25, 0.3) is 0 Å². The topological polar surface area (TPSA) is 95.7 Å². The Kier molecular flexibility index (Phi) is 5.71. The summed E-state index contributed by atoms with van der Waals surface area (Å²) >= 11 is 5.77. The summed E-state index contributed by atoms with van der Waals surface area (Å²) in [6.45, 7) is 0. The van der Waals surface area contributed by atoms with E-state index in [9.17, 15) is 19.7 Å². The fraction of sp³-hybridized carbons (Fsp3) is 0.263. The van der Waals surface area contributed by atoms with Crippen molar-refractivity contribution in [1.82, 2.24) is 0 Å². The van der Waals surface area contributed by atoms with Crippen LogP contribution in [-0.4, -0.2) is 22.8 Å². The van der Waals surface area contributed by atoms with Gasteiger partial charge in [-0.25, -0.2) is 4.79 Å². The largest absolute Gasteiger partial charge is 0.451 e. The van der Waals surface area contributed by atoms with Crippen LogP contribution in [-0.2, 0) is 9.53 Å². The summed E-state index contributed by atoms with van der Waals surface area (Å²) in [5.41, 5.74) is 0.00752. The number of carbonyl (C=O) groups excluding carboxylic acids is 2. The van der Waals surface area contributed by atoms with Crippen LogP contribution in [0.2, 0.25) is 5.02 Å². The van der Waals surface area contributed by atoms with Crippen LogP contribution < -0.4 is 4.74 Å². The van der Waals surface area contributed by atoms with Gasteiger partial charge in [0.05, 0.1) is 10.5 Å². The number of benzene rings is 2. The zero-order valence-electron chi connectivity index (χ0n) is 14.2. The van der Waals surface area contributed by atoms with Gasteiger partial charge >= 0.3 is 11.7 Å². The Hall–Kier alpha value is -2.93. The van der Waals surface area contributed by atoms with Crippen LogP contribution in [0.4, 0.5) is 5.69 Å². The molecule has 1 aliphatic carbocycles. The molecule has 0 aliphatic heterocycles. The standard InChI is InChI=1S/C19H16ClNO6/c20-13-7-10-17(15(11-13)21(24)25)26-14-8-5-12(6-9-14)19(23)27-18-4-2-1-3-16(18)22/h5-11,18H,1-4H2. The van der Waals surface area contributed by atoms with E-state index in [1.165, 1.54) is 42.5 Å². The number of nitrogens with zero attached hydrogens (tertiary/aromatic N) is 1. The Labute approximate surface area is 160 Å². The summed E-state index contributed by atoms with van der Waals surface area (Å²) in [7, 11) is 0. The van der Waals surface area contributed by atoms with E-state index in [1.54, 1.807) is 0 Å². The average Bonchev–Trinajstić information content (AvgIpc) is 2.65. The minimum atomic E-state index is -0.682. The first kappa shape index (κ1) is 18.8. The lowest BCUT2D eigenvalue weighted by Gasteiger charge is -2.20. The van der Waals surface area contributed by atoms with Crippen LogP contribution >= 0.6 is 11.6 Å². The van der Waals surface area contributed by atoms with E-state index in [4.69, 9.17) is 21.1 Å². The van der Waals surface area contributed by atoms with Crippen molar-refractivity contribution in [2.45, 2.75) is 31.8 Å². The lowest BCUT2D eigenvalue weighted by atomic mass is 9.96. The normalized spacial score (nSPS) is 16.6. The van der Waals surface area contributed by atoms with Gasteiger partial charge in [0, 0.05) is 17.5 Å². The Morgan fingerprint density at radius 1 is 1.15 bits per heavy atom. The van der Waals surface area contributed by atoms with Crippen molar-refractivity contribution in [2.75, 3.05) is 0 Å². The van der Waals surface area contributed by atoms with Gasteiger partial charge in [-0.2, -0.15) is 0 Å². The maximum absolute atomic E-state index is 12.2. The molecule has 0 saturated heterocycles.